The van der Waals surface area contributed by atoms with Gasteiger partial charge >= 0.3 is 0 Å². The Labute approximate surface area is 112 Å². The van der Waals surface area contributed by atoms with Crippen molar-refractivity contribution in [2.45, 2.75) is 77.1 Å². The average Bonchev–Trinajstić information content (AvgIpc) is 2.41. The van der Waals surface area contributed by atoms with Crippen molar-refractivity contribution in [3.63, 3.8) is 0 Å². The zero-order valence-electron chi connectivity index (χ0n) is 12.0. The van der Waals surface area contributed by atoms with Crippen molar-refractivity contribution >= 4 is 0 Å². The third-order valence-corrected chi connectivity index (χ3v) is 4.64. The van der Waals surface area contributed by atoms with E-state index in [2.05, 4.69) is 20.4 Å². The van der Waals surface area contributed by atoms with E-state index in [0.717, 1.165) is 25.9 Å². The Balaban J connectivity index is 2.06. The highest BCUT2D eigenvalue weighted by atomic mass is 16.7. The van der Waals surface area contributed by atoms with Gasteiger partial charge in [0.15, 0.2) is 5.79 Å². The highest BCUT2D eigenvalue weighted by molar-refractivity contribution is 5.01. The van der Waals surface area contributed by atoms with Crippen LogP contribution >= 0.6 is 0 Å². The number of hydrogen-bond acceptors (Lipinski definition) is 2. The fraction of sp³-hybridized carbons (Fsp3) is 0.875. The van der Waals surface area contributed by atoms with E-state index in [1.807, 2.05) is 6.08 Å². The minimum Gasteiger partial charge on any atom is -0.349 e. The molecule has 1 aliphatic heterocycles. The normalized spacial score (nSPS) is 35.6. The molecule has 0 unspecified atom stereocenters. The van der Waals surface area contributed by atoms with E-state index < -0.39 is 0 Å². The highest BCUT2D eigenvalue weighted by Crippen LogP contribution is 2.44. The van der Waals surface area contributed by atoms with Gasteiger partial charge in [-0.1, -0.05) is 39.2 Å². The van der Waals surface area contributed by atoms with Crippen LogP contribution in [0.4, 0.5) is 0 Å². The van der Waals surface area contributed by atoms with E-state index in [0.29, 0.717) is 0 Å². The Hall–Kier alpha value is -0.340. The summed E-state index contributed by atoms with van der Waals surface area (Å²) < 4.78 is 12.6. The molecule has 2 heteroatoms. The monoisotopic (exact) mass is 252 g/mol. The van der Waals surface area contributed by atoms with Gasteiger partial charge in [-0.2, -0.15) is 0 Å². The standard InChI is InChI=1S/C16H28O2/c1-4-6-10-14-15(3,5-2)13-17-16(18-14)11-8-7-9-12-16/h5,14H,2,4,6-13H2,1,3H3/t14-,15+/m1/s1. The molecule has 2 aliphatic rings. The van der Waals surface area contributed by atoms with Crippen molar-refractivity contribution < 1.29 is 9.47 Å². The fourth-order valence-corrected chi connectivity index (χ4v) is 3.13. The molecular formula is C16H28O2. The molecule has 0 radical (unpaired) electrons. The molecule has 1 heterocycles. The summed E-state index contributed by atoms with van der Waals surface area (Å²) in [6, 6.07) is 0. The number of rotatable bonds is 4. The lowest BCUT2D eigenvalue weighted by Gasteiger charge is -2.50. The van der Waals surface area contributed by atoms with Crippen LogP contribution in [0.3, 0.4) is 0 Å². The molecule has 18 heavy (non-hydrogen) atoms. The third kappa shape index (κ3) is 2.80. The summed E-state index contributed by atoms with van der Waals surface area (Å²) in [5.41, 5.74) is -0.0160. The van der Waals surface area contributed by atoms with Crippen LogP contribution in [0.5, 0.6) is 0 Å². The molecule has 0 bridgehead atoms. The molecule has 104 valence electrons. The van der Waals surface area contributed by atoms with Crippen molar-refractivity contribution in [3.05, 3.63) is 12.7 Å². The molecule has 0 N–H and O–H groups in total. The Kier molecular flexibility index (Phi) is 4.50. The van der Waals surface area contributed by atoms with Crippen LogP contribution in [-0.2, 0) is 9.47 Å². The van der Waals surface area contributed by atoms with E-state index in [4.69, 9.17) is 9.47 Å². The maximum Gasteiger partial charge on any atom is 0.168 e. The van der Waals surface area contributed by atoms with Gasteiger partial charge in [0.05, 0.1) is 12.7 Å². The second kappa shape index (κ2) is 5.75. The van der Waals surface area contributed by atoms with Gasteiger partial charge in [0.1, 0.15) is 0 Å². The molecule has 0 aromatic heterocycles. The van der Waals surface area contributed by atoms with Crippen molar-refractivity contribution in [2.75, 3.05) is 6.61 Å². The van der Waals surface area contributed by atoms with Gasteiger partial charge in [0.25, 0.3) is 0 Å². The topological polar surface area (TPSA) is 18.5 Å². The summed E-state index contributed by atoms with van der Waals surface area (Å²) in [5, 5.41) is 0. The van der Waals surface area contributed by atoms with E-state index >= 15 is 0 Å². The number of unbranched alkanes of at least 4 members (excludes halogenated alkanes) is 1. The molecule has 2 nitrogen and oxygen atoms in total. The first-order valence-corrected chi connectivity index (χ1v) is 7.59. The second-order valence-corrected chi connectivity index (χ2v) is 6.22. The molecule has 2 atom stereocenters. The van der Waals surface area contributed by atoms with Gasteiger partial charge in [-0.3, -0.25) is 0 Å². The molecule has 2 fully saturated rings. The molecule has 1 saturated carbocycles. The first-order valence-electron chi connectivity index (χ1n) is 7.59. The van der Waals surface area contributed by atoms with Gasteiger partial charge in [0, 0.05) is 18.3 Å². The number of hydrogen-bond donors (Lipinski definition) is 0. The summed E-state index contributed by atoms with van der Waals surface area (Å²) in [4.78, 5) is 0. The largest absolute Gasteiger partial charge is 0.349 e. The first-order chi connectivity index (χ1) is 8.64. The zero-order valence-corrected chi connectivity index (χ0v) is 12.0. The minimum absolute atomic E-state index is 0.0160. The van der Waals surface area contributed by atoms with E-state index in [-0.39, 0.29) is 17.3 Å². The molecule has 1 aliphatic carbocycles. The van der Waals surface area contributed by atoms with Crippen molar-refractivity contribution in [1.29, 1.82) is 0 Å². The maximum absolute atomic E-state index is 6.43. The van der Waals surface area contributed by atoms with E-state index in [1.54, 1.807) is 0 Å². The smallest absolute Gasteiger partial charge is 0.168 e. The van der Waals surface area contributed by atoms with Crippen molar-refractivity contribution in [3.8, 4) is 0 Å². The summed E-state index contributed by atoms with van der Waals surface area (Å²) in [7, 11) is 0. The summed E-state index contributed by atoms with van der Waals surface area (Å²) in [6.07, 6.45) is 11.8. The summed E-state index contributed by atoms with van der Waals surface area (Å²) in [6.45, 7) is 9.21. The Morgan fingerprint density at radius 2 is 2.00 bits per heavy atom. The molecule has 1 spiro atoms. The SMILES string of the molecule is C=C[C@@]1(C)COC2(CCCCC2)O[C@@H]1CCCC. The minimum atomic E-state index is -0.265. The van der Waals surface area contributed by atoms with Crippen molar-refractivity contribution in [2.24, 2.45) is 5.41 Å². The molecule has 1 saturated heterocycles. The summed E-state index contributed by atoms with van der Waals surface area (Å²) >= 11 is 0. The highest BCUT2D eigenvalue weighted by Gasteiger charge is 2.47. The molecule has 2 rings (SSSR count). The lowest BCUT2D eigenvalue weighted by atomic mass is 9.80. The third-order valence-electron chi connectivity index (χ3n) is 4.64. The van der Waals surface area contributed by atoms with Crippen LogP contribution in [0.25, 0.3) is 0 Å². The predicted octanol–water partition coefficient (Wildman–Crippen LogP) is 4.44. The van der Waals surface area contributed by atoms with Crippen LogP contribution in [0.1, 0.15) is 65.2 Å². The van der Waals surface area contributed by atoms with E-state index in [9.17, 15) is 0 Å². The average molecular weight is 252 g/mol. The van der Waals surface area contributed by atoms with Crippen LogP contribution in [0.15, 0.2) is 12.7 Å². The van der Waals surface area contributed by atoms with Gasteiger partial charge in [-0.25, -0.2) is 0 Å². The maximum atomic E-state index is 6.43. The Bertz CT molecular complexity index is 281. The second-order valence-electron chi connectivity index (χ2n) is 6.22. The van der Waals surface area contributed by atoms with Gasteiger partial charge in [-0.15, -0.1) is 6.58 Å². The quantitative estimate of drug-likeness (QED) is 0.688. The van der Waals surface area contributed by atoms with Crippen molar-refractivity contribution in [1.82, 2.24) is 0 Å². The zero-order chi connectivity index (χ0) is 13.1. The Morgan fingerprint density at radius 3 is 2.61 bits per heavy atom. The Morgan fingerprint density at radius 1 is 1.28 bits per heavy atom. The van der Waals surface area contributed by atoms with E-state index in [1.165, 1.54) is 32.1 Å². The molecule has 0 amide bonds. The van der Waals surface area contributed by atoms with Crippen LogP contribution < -0.4 is 0 Å². The van der Waals surface area contributed by atoms with Crippen LogP contribution in [-0.4, -0.2) is 18.5 Å². The first kappa shape index (κ1) is 14.1. The van der Waals surface area contributed by atoms with Gasteiger partial charge in [0.2, 0.25) is 0 Å². The lowest BCUT2D eigenvalue weighted by Crippen LogP contribution is -2.54. The van der Waals surface area contributed by atoms with Gasteiger partial charge in [-0.05, 0) is 19.3 Å². The van der Waals surface area contributed by atoms with Crippen LogP contribution in [0.2, 0.25) is 0 Å². The molecule has 0 aromatic carbocycles. The lowest BCUT2D eigenvalue weighted by molar-refractivity contribution is -0.334. The molecule has 0 aromatic rings. The summed E-state index contributed by atoms with van der Waals surface area (Å²) in [5.74, 6) is -0.265. The van der Waals surface area contributed by atoms with Crippen LogP contribution in [0, 0.1) is 5.41 Å². The predicted molar refractivity (Wildman–Crippen MR) is 74.5 cm³/mol. The molecular weight excluding hydrogens is 224 g/mol. The number of ether oxygens (including phenoxy) is 2. The van der Waals surface area contributed by atoms with Gasteiger partial charge < -0.3 is 9.47 Å². The fourth-order valence-electron chi connectivity index (χ4n) is 3.13.